The molecule has 7 nitrogen and oxygen atoms in total. The van der Waals surface area contributed by atoms with Crippen molar-refractivity contribution in [2.75, 3.05) is 20.1 Å². The van der Waals surface area contributed by atoms with Crippen molar-refractivity contribution in [3.8, 4) is 0 Å². The average Bonchev–Trinajstić information content (AvgIpc) is 3.37. The predicted molar refractivity (Wildman–Crippen MR) is 98.2 cm³/mol. The molecule has 3 heterocycles. The number of hydrogen-bond donors (Lipinski definition) is 3. The molecule has 138 valence electrons. The van der Waals surface area contributed by atoms with Gasteiger partial charge in [0, 0.05) is 24.5 Å². The highest BCUT2D eigenvalue weighted by Crippen LogP contribution is 2.17. The number of carbonyl (C=O) groups excluding carboxylic acids is 2. The Balaban J connectivity index is 1.62. The number of carbonyl (C=O) groups is 2. The highest BCUT2D eigenvalue weighted by Gasteiger charge is 2.21. The lowest BCUT2D eigenvalue weighted by atomic mass is 10.1. The maximum atomic E-state index is 12.6. The van der Waals surface area contributed by atoms with Gasteiger partial charge in [-0.2, -0.15) is 0 Å². The summed E-state index contributed by atoms with van der Waals surface area (Å²) in [5.74, 6) is -0.624. The molecule has 0 unspecified atom stereocenters. The second-order valence-electron chi connectivity index (χ2n) is 6.44. The number of furan rings is 1. The zero-order chi connectivity index (χ0) is 18.4. The molecule has 2 aromatic heterocycles. The molecule has 3 rings (SSSR count). The fourth-order valence-electron chi connectivity index (χ4n) is 3.13. The number of amides is 2. The van der Waals surface area contributed by atoms with Gasteiger partial charge >= 0.3 is 0 Å². The summed E-state index contributed by atoms with van der Waals surface area (Å²) in [4.78, 5) is 30.1. The van der Waals surface area contributed by atoms with Gasteiger partial charge in [0.25, 0.3) is 11.8 Å². The van der Waals surface area contributed by atoms with E-state index in [0.717, 1.165) is 25.1 Å². The summed E-state index contributed by atoms with van der Waals surface area (Å²) < 4.78 is 5.09. The molecule has 0 saturated carbocycles. The first-order valence-electron chi connectivity index (χ1n) is 8.82. The molecule has 0 spiro atoms. The van der Waals surface area contributed by atoms with Crippen molar-refractivity contribution in [1.29, 1.82) is 0 Å². The molecule has 2 amide bonds. The van der Waals surface area contributed by atoms with Gasteiger partial charge in [-0.1, -0.05) is 0 Å². The van der Waals surface area contributed by atoms with Gasteiger partial charge < -0.3 is 24.9 Å². The van der Waals surface area contributed by atoms with Crippen LogP contribution in [0.4, 0.5) is 0 Å². The summed E-state index contributed by atoms with van der Waals surface area (Å²) >= 11 is 0. The van der Waals surface area contributed by atoms with Crippen molar-refractivity contribution >= 4 is 17.9 Å². The summed E-state index contributed by atoms with van der Waals surface area (Å²) in [6.45, 7) is 1.67. The maximum absolute atomic E-state index is 12.6. The number of aromatic amines is 1. The SMILES string of the molecule is CN1CCC[C@@H]1CCNC(=O)/C(=C/c1ccc[nH]1)NC(=O)c1ccco1. The van der Waals surface area contributed by atoms with Crippen LogP contribution in [0.5, 0.6) is 0 Å². The lowest BCUT2D eigenvalue weighted by Crippen LogP contribution is -2.37. The van der Waals surface area contributed by atoms with Gasteiger partial charge in [0.05, 0.1) is 6.26 Å². The fraction of sp³-hybridized carbons (Fsp3) is 0.368. The minimum absolute atomic E-state index is 0.155. The maximum Gasteiger partial charge on any atom is 0.291 e. The molecular weight excluding hydrogens is 332 g/mol. The molecule has 26 heavy (non-hydrogen) atoms. The Bertz CT molecular complexity index is 750. The van der Waals surface area contributed by atoms with Crippen LogP contribution in [0.3, 0.4) is 0 Å². The molecule has 0 bridgehead atoms. The zero-order valence-electron chi connectivity index (χ0n) is 14.8. The van der Waals surface area contributed by atoms with Crippen LogP contribution in [0.1, 0.15) is 35.5 Å². The first-order chi connectivity index (χ1) is 12.6. The van der Waals surface area contributed by atoms with Crippen LogP contribution in [0.25, 0.3) is 6.08 Å². The van der Waals surface area contributed by atoms with E-state index in [2.05, 4.69) is 27.6 Å². The Morgan fingerprint density at radius 2 is 2.27 bits per heavy atom. The number of nitrogens with one attached hydrogen (secondary N) is 3. The Morgan fingerprint density at radius 3 is 2.92 bits per heavy atom. The van der Waals surface area contributed by atoms with E-state index in [4.69, 9.17) is 4.42 Å². The monoisotopic (exact) mass is 356 g/mol. The van der Waals surface area contributed by atoms with Crippen molar-refractivity contribution in [2.45, 2.75) is 25.3 Å². The average molecular weight is 356 g/mol. The van der Waals surface area contributed by atoms with Crippen LogP contribution >= 0.6 is 0 Å². The number of likely N-dealkylation sites (tertiary alicyclic amines) is 1. The molecule has 7 heteroatoms. The van der Waals surface area contributed by atoms with E-state index in [1.165, 1.54) is 12.7 Å². The quantitative estimate of drug-likeness (QED) is 0.662. The predicted octanol–water partition coefficient (Wildman–Crippen LogP) is 1.98. The molecule has 1 saturated heterocycles. The standard InChI is InChI=1S/C19H24N4O3/c1-23-11-3-6-15(23)8-10-21-18(24)16(13-14-5-2-9-20-14)22-19(25)17-7-4-12-26-17/h2,4-5,7,9,12-13,15,20H,3,6,8,10-11H2,1H3,(H,21,24)(H,22,25)/b16-13-/t15-/m1/s1. The third-order valence-electron chi connectivity index (χ3n) is 4.59. The lowest BCUT2D eigenvalue weighted by Gasteiger charge is -2.19. The molecular formula is C19H24N4O3. The van der Waals surface area contributed by atoms with Crippen LogP contribution in [-0.2, 0) is 4.79 Å². The van der Waals surface area contributed by atoms with E-state index < -0.39 is 5.91 Å². The van der Waals surface area contributed by atoms with Crippen LogP contribution in [0, 0.1) is 0 Å². The van der Waals surface area contributed by atoms with Crippen molar-refractivity contribution in [2.24, 2.45) is 0 Å². The molecule has 2 aromatic rings. The number of H-pyrrole nitrogens is 1. The van der Waals surface area contributed by atoms with Gasteiger partial charge in [-0.15, -0.1) is 0 Å². The van der Waals surface area contributed by atoms with Crippen LogP contribution in [0.15, 0.2) is 46.8 Å². The number of nitrogens with zero attached hydrogens (tertiary/aromatic N) is 1. The second-order valence-corrected chi connectivity index (χ2v) is 6.44. The number of aromatic nitrogens is 1. The van der Waals surface area contributed by atoms with Crippen molar-refractivity contribution in [3.63, 3.8) is 0 Å². The van der Waals surface area contributed by atoms with Crippen molar-refractivity contribution in [1.82, 2.24) is 20.5 Å². The van der Waals surface area contributed by atoms with Gasteiger partial charge in [-0.25, -0.2) is 0 Å². The van der Waals surface area contributed by atoms with Crippen molar-refractivity contribution in [3.05, 3.63) is 53.9 Å². The Hall–Kier alpha value is -2.80. The Labute approximate surface area is 152 Å². The lowest BCUT2D eigenvalue weighted by molar-refractivity contribution is -0.117. The minimum Gasteiger partial charge on any atom is -0.459 e. The second kappa shape index (κ2) is 8.53. The summed E-state index contributed by atoms with van der Waals surface area (Å²) in [6.07, 6.45) is 8.04. The van der Waals surface area contributed by atoms with Crippen molar-refractivity contribution < 1.29 is 14.0 Å². The molecule has 0 aromatic carbocycles. The summed E-state index contributed by atoms with van der Waals surface area (Å²) in [7, 11) is 2.11. The Morgan fingerprint density at radius 1 is 1.38 bits per heavy atom. The zero-order valence-corrected chi connectivity index (χ0v) is 14.8. The summed E-state index contributed by atoms with van der Waals surface area (Å²) in [5, 5.41) is 5.53. The van der Waals surface area contributed by atoms with Crippen LogP contribution in [0.2, 0.25) is 0 Å². The van der Waals surface area contributed by atoms with E-state index in [9.17, 15) is 9.59 Å². The molecule has 3 N–H and O–H groups in total. The Kier molecular flexibility index (Phi) is 5.91. The third-order valence-corrected chi connectivity index (χ3v) is 4.59. The highest BCUT2D eigenvalue weighted by atomic mass is 16.3. The molecule has 1 aliphatic rings. The van der Waals surface area contributed by atoms with Crippen LogP contribution in [-0.4, -0.2) is 47.9 Å². The van der Waals surface area contributed by atoms with E-state index in [0.29, 0.717) is 12.6 Å². The smallest absolute Gasteiger partial charge is 0.291 e. The highest BCUT2D eigenvalue weighted by molar-refractivity contribution is 6.04. The van der Waals surface area contributed by atoms with Crippen LogP contribution < -0.4 is 10.6 Å². The van der Waals surface area contributed by atoms with E-state index in [1.807, 2.05) is 12.1 Å². The van der Waals surface area contributed by atoms with Gasteiger partial charge in [0.1, 0.15) is 5.70 Å². The first kappa shape index (κ1) is 18.0. The largest absolute Gasteiger partial charge is 0.459 e. The van der Waals surface area contributed by atoms with Gasteiger partial charge in [-0.05, 0) is 63.2 Å². The third kappa shape index (κ3) is 4.64. The molecule has 1 aliphatic heterocycles. The first-order valence-corrected chi connectivity index (χ1v) is 8.82. The van der Waals surface area contributed by atoms with Gasteiger partial charge in [-0.3, -0.25) is 9.59 Å². The van der Waals surface area contributed by atoms with Gasteiger partial charge in [0.2, 0.25) is 0 Å². The topological polar surface area (TPSA) is 90.4 Å². The van der Waals surface area contributed by atoms with E-state index >= 15 is 0 Å². The van der Waals surface area contributed by atoms with Gasteiger partial charge in [0.15, 0.2) is 5.76 Å². The minimum atomic E-state index is -0.460. The van der Waals surface area contributed by atoms with E-state index in [-0.39, 0.29) is 17.4 Å². The fourth-order valence-corrected chi connectivity index (χ4v) is 3.13. The summed E-state index contributed by atoms with van der Waals surface area (Å²) in [6, 6.07) is 7.33. The molecule has 0 radical (unpaired) electrons. The molecule has 1 fully saturated rings. The number of hydrogen-bond acceptors (Lipinski definition) is 4. The molecule has 0 aliphatic carbocycles. The summed E-state index contributed by atoms with van der Waals surface area (Å²) in [5.41, 5.74) is 0.902. The number of rotatable bonds is 7. The molecule has 1 atom stereocenters. The van der Waals surface area contributed by atoms with E-state index in [1.54, 1.807) is 24.4 Å². The normalized spacial score (nSPS) is 18.0.